The number of carbonyl (C=O) groups excluding carboxylic acids is 3. The van der Waals surface area contributed by atoms with Crippen LogP contribution in [0.5, 0.6) is 0 Å². The van der Waals surface area contributed by atoms with Gasteiger partial charge < -0.3 is 14.9 Å². The number of pyridine rings is 1. The fraction of sp³-hybridized carbons (Fsp3) is 0.300. The van der Waals surface area contributed by atoms with Gasteiger partial charge in [0.1, 0.15) is 13.1 Å². The first-order valence-corrected chi connectivity index (χ1v) is 8.91. The molecule has 1 N–H and O–H groups in total. The molecule has 1 fully saturated rings. The van der Waals surface area contributed by atoms with E-state index in [9.17, 15) is 19.5 Å². The molecule has 1 aromatic carbocycles. The third kappa shape index (κ3) is 4.52. The van der Waals surface area contributed by atoms with Gasteiger partial charge in [0.15, 0.2) is 0 Å². The Bertz CT molecular complexity index is 844. The molecule has 8 heteroatoms. The van der Waals surface area contributed by atoms with Crippen LogP contribution in [0.3, 0.4) is 0 Å². The number of likely N-dealkylation sites (N-methyl/N-ethyl adjacent to an activating group) is 1. The minimum Gasteiger partial charge on any atom is -0.387 e. The van der Waals surface area contributed by atoms with Crippen molar-refractivity contribution in [1.29, 1.82) is 0 Å². The minimum atomic E-state index is -0.889. The van der Waals surface area contributed by atoms with E-state index in [1.54, 1.807) is 36.7 Å². The van der Waals surface area contributed by atoms with Gasteiger partial charge in [-0.25, -0.2) is 4.79 Å². The molecular formula is C20H22N4O4. The zero-order chi connectivity index (χ0) is 20.1. The van der Waals surface area contributed by atoms with Gasteiger partial charge in [-0.1, -0.05) is 30.3 Å². The number of urea groups is 1. The molecule has 1 aliphatic heterocycles. The summed E-state index contributed by atoms with van der Waals surface area (Å²) in [4.78, 5) is 44.6. The predicted molar refractivity (Wildman–Crippen MR) is 101 cm³/mol. The van der Waals surface area contributed by atoms with Gasteiger partial charge in [-0.3, -0.25) is 19.5 Å². The van der Waals surface area contributed by atoms with E-state index in [1.165, 1.54) is 16.8 Å². The number of amides is 4. The number of imide groups is 1. The third-order valence-corrected chi connectivity index (χ3v) is 4.58. The summed E-state index contributed by atoms with van der Waals surface area (Å²) in [6, 6.07) is 12.1. The van der Waals surface area contributed by atoms with Crippen molar-refractivity contribution in [3.63, 3.8) is 0 Å². The fourth-order valence-electron chi connectivity index (χ4n) is 3.01. The van der Waals surface area contributed by atoms with E-state index in [1.807, 2.05) is 18.2 Å². The number of rotatable bonds is 7. The Morgan fingerprint density at radius 3 is 2.46 bits per heavy atom. The van der Waals surface area contributed by atoms with E-state index in [0.29, 0.717) is 5.56 Å². The Labute approximate surface area is 163 Å². The summed E-state index contributed by atoms with van der Waals surface area (Å²) in [5.41, 5.74) is 1.52. The lowest BCUT2D eigenvalue weighted by atomic mass is 10.1. The molecule has 8 nitrogen and oxygen atoms in total. The average molecular weight is 382 g/mol. The van der Waals surface area contributed by atoms with E-state index in [-0.39, 0.29) is 26.2 Å². The molecule has 0 unspecified atom stereocenters. The minimum absolute atomic E-state index is 0.0386. The molecule has 0 bridgehead atoms. The van der Waals surface area contributed by atoms with Crippen LogP contribution >= 0.6 is 0 Å². The summed E-state index contributed by atoms with van der Waals surface area (Å²) in [5, 5.41) is 10.6. The van der Waals surface area contributed by atoms with Crippen LogP contribution in [0.4, 0.5) is 4.79 Å². The van der Waals surface area contributed by atoms with E-state index >= 15 is 0 Å². The van der Waals surface area contributed by atoms with Crippen molar-refractivity contribution < 1.29 is 19.5 Å². The standard InChI is InChI=1S/C20H22N4O4/c1-22-13-19(27)24(20(22)28)14-18(26)23(11-15-7-9-21-10-8-15)12-17(25)16-5-3-2-4-6-16/h2-10,17,25H,11-14H2,1H3/t17-/m1/s1. The van der Waals surface area contributed by atoms with Gasteiger partial charge in [-0.15, -0.1) is 0 Å². The number of hydrogen-bond acceptors (Lipinski definition) is 5. The van der Waals surface area contributed by atoms with Crippen molar-refractivity contribution in [2.75, 3.05) is 26.7 Å². The molecule has 1 atom stereocenters. The quantitative estimate of drug-likeness (QED) is 0.722. The van der Waals surface area contributed by atoms with Crippen molar-refractivity contribution in [3.8, 4) is 0 Å². The summed E-state index contributed by atoms with van der Waals surface area (Å²) in [6.45, 7) is -0.119. The van der Waals surface area contributed by atoms with Gasteiger partial charge in [-0.2, -0.15) is 0 Å². The lowest BCUT2D eigenvalue weighted by Gasteiger charge is -2.27. The molecule has 0 saturated carbocycles. The molecule has 3 rings (SSSR count). The first-order chi connectivity index (χ1) is 13.5. The maximum Gasteiger partial charge on any atom is 0.327 e. The van der Waals surface area contributed by atoms with Crippen LogP contribution < -0.4 is 0 Å². The van der Waals surface area contributed by atoms with Gasteiger partial charge in [-0.05, 0) is 23.3 Å². The second-order valence-electron chi connectivity index (χ2n) is 6.67. The lowest BCUT2D eigenvalue weighted by molar-refractivity contribution is -0.138. The fourth-order valence-corrected chi connectivity index (χ4v) is 3.01. The monoisotopic (exact) mass is 382 g/mol. The summed E-state index contributed by atoms with van der Waals surface area (Å²) in [6.07, 6.45) is 2.35. The van der Waals surface area contributed by atoms with Crippen LogP contribution in [0.15, 0.2) is 54.9 Å². The normalized spacial score (nSPS) is 15.1. The summed E-state index contributed by atoms with van der Waals surface area (Å²) >= 11 is 0. The highest BCUT2D eigenvalue weighted by Gasteiger charge is 2.36. The van der Waals surface area contributed by atoms with E-state index in [4.69, 9.17) is 0 Å². The second-order valence-corrected chi connectivity index (χ2v) is 6.67. The van der Waals surface area contributed by atoms with Crippen LogP contribution in [0, 0.1) is 0 Å². The van der Waals surface area contributed by atoms with Gasteiger partial charge >= 0.3 is 6.03 Å². The number of hydrogen-bond donors (Lipinski definition) is 1. The Balaban J connectivity index is 1.76. The van der Waals surface area contributed by atoms with Crippen molar-refractivity contribution in [3.05, 3.63) is 66.0 Å². The third-order valence-electron chi connectivity index (χ3n) is 4.58. The van der Waals surface area contributed by atoms with Gasteiger partial charge in [0.25, 0.3) is 5.91 Å². The van der Waals surface area contributed by atoms with Crippen LogP contribution in [0.25, 0.3) is 0 Å². The summed E-state index contributed by atoms with van der Waals surface area (Å²) in [5.74, 6) is -0.822. The largest absolute Gasteiger partial charge is 0.387 e. The molecule has 4 amide bonds. The molecule has 2 heterocycles. The van der Waals surface area contributed by atoms with Crippen LogP contribution in [0.1, 0.15) is 17.2 Å². The van der Waals surface area contributed by atoms with Crippen LogP contribution in [-0.2, 0) is 16.1 Å². The molecule has 1 aromatic heterocycles. The highest BCUT2D eigenvalue weighted by Crippen LogP contribution is 2.17. The Morgan fingerprint density at radius 1 is 1.18 bits per heavy atom. The molecule has 0 aliphatic carbocycles. The van der Waals surface area contributed by atoms with Gasteiger partial charge in [0.2, 0.25) is 5.91 Å². The highest BCUT2D eigenvalue weighted by atomic mass is 16.3. The molecule has 2 aromatic rings. The molecule has 1 aliphatic rings. The van der Waals surface area contributed by atoms with Crippen LogP contribution in [0.2, 0.25) is 0 Å². The van der Waals surface area contributed by atoms with E-state index in [0.717, 1.165) is 10.5 Å². The first-order valence-electron chi connectivity index (χ1n) is 8.91. The van der Waals surface area contributed by atoms with Gasteiger partial charge in [0, 0.05) is 26.0 Å². The smallest absolute Gasteiger partial charge is 0.327 e. The number of aliphatic hydroxyl groups excluding tert-OH is 1. The van der Waals surface area contributed by atoms with Crippen molar-refractivity contribution in [2.45, 2.75) is 12.6 Å². The number of aromatic nitrogens is 1. The highest BCUT2D eigenvalue weighted by molar-refractivity contribution is 6.04. The second kappa shape index (κ2) is 8.62. The first kappa shape index (κ1) is 19.5. The Kier molecular flexibility index (Phi) is 6.00. The molecular weight excluding hydrogens is 360 g/mol. The molecule has 28 heavy (non-hydrogen) atoms. The predicted octanol–water partition coefficient (Wildman–Crippen LogP) is 1.04. The van der Waals surface area contributed by atoms with E-state index < -0.39 is 23.9 Å². The maximum atomic E-state index is 12.9. The zero-order valence-electron chi connectivity index (χ0n) is 15.6. The molecule has 1 saturated heterocycles. The summed E-state index contributed by atoms with van der Waals surface area (Å²) in [7, 11) is 1.51. The average Bonchev–Trinajstić information content (AvgIpc) is 2.95. The van der Waals surface area contributed by atoms with Crippen LogP contribution in [-0.4, -0.2) is 69.3 Å². The van der Waals surface area contributed by atoms with Gasteiger partial charge in [0.05, 0.1) is 12.6 Å². The van der Waals surface area contributed by atoms with E-state index in [2.05, 4.69) is 4.98 Å². The number of aliphatic hydroxyl groups is 1. The van der Waals surface area contributed by atoms with Crippen molar-refractivity contribution >= 4 is 17.8 Å². The maximum absolute atomic E-state index is 12.9. The SMILES string of the molecule is CN1CC(=O)N(CC(=O)N(Cc2ccncc2)C[C@@H](O)c2ccccc2)C1=O. The number of nitrogens with zero attached hydrogens (tertiary/aromatic N) is 4. The van der Waals surface area contributed by atoms with Crippen molar-refractivity contribution in [1.82, 2.24) is 19.7 Å². The summed E-state index contributed by atoms with van der Waals surface area (Å²) < 4.78 is 0. The molecule has 0 spiro atoms. The number of carbonyl (C=O) groups is 3. The lowest BCUT2D eigenvalue weighted by Crippen LogP contribution is -2.44. The Morgan fingerprint density at radius 2 is 1.86 bits per heavy atom. The number of benzene rings is 1. The zero-order valence-corrected chi connectivity index (χ0v) is 15.6. The molecule has 146 valence electrons. The van der Waals surface area contributed by atoms with Crippen molar-refractivity contribution in [2.24, 2.45) is 0 Å². The topological polar surface area (TPSA) is 94.1 Å². The molecule has 0 radical (unpaired) electrons. The Hall–Kier alpha value is -3.26.